The number of piperidine rings is 1. The number of likely N-dealkylation sites (N-methyl/N-ethyl adjacent to an activating group) is 1. The van der Waals surface area contributed by atoms with E-state index >= 15 is 0 Å². The average molecular weight is 675 g/mol. The first-order valence-corrected chi connectivity index (χ1v) is 16.8. The van der Waals surface area contributed by atoms with Crippen LogP contribution in [0.4, 0.5) is 29.2 Å². The molecule has 1 aliphatic heterocycles. The van der Waals surface area contributed by atoms with Crippen LogP contribution in [0.2, 0.25) is 0 Å². The smallest absolute Gasteiger partial charge is 0.328 e. The number of hydrogen-bond acceptors (Lipinski definition) is 11. The Morgan fingerprint density at radius 1 is 0.980 bits per heavy atom. The van der Waals surface area contributed by atoms with E-state index in [4.69, 9.17) is 31.0 Å². The van der Waals surface area contributed by atoms with Crippen LogP contribution in [0.1, 0.15) is 36.2 Å². The highest BCUT2D eigenvalue weighted by Crippen LogP contribution is 2.23. The van der Waals surface area contributed by atoms with Crippen molar-refractivity contribution in [2.24, 2.45) is 0 Å². The average Bonchev–Trinajstić information content (AvgIpc) is 3.56. The van der Waals surface area contributed by atoms with Crippen LogP contribution >= 0.6 is 0 Å². The zero-order valence-electron chi connectivity index (χ0n) is 28.6. The third-order valence-corrected chi connectivity index (χ3v) is 8.72. The second-order valence-electron chi connectivity index (χ2n) is 12.4. The number of esters is 1. The van der Waals surface area contributed by atoms with Crippen molar-refractivity contribution < 1.29 is 14.3 Å². The molecule has 1 fully saturated rings. The maximum Gasteiger partial charge on any atom is 0.328 e. The number of ether oxygens (including phenoxy) is 2. The van der Waals surface area contributed by atoms with E-state index in [0.29, 0.717) is 37.0 Å². The number of aromatic amines is 1. The minimum Gasteiger partial charge on any atom is -0.497 e. The van der Waals surface area contributed by atoms with E-state index in [2.05, 4.69) is 42.5 Å². The third-order valence-electron chi connectivity index (χ3n) is 8.72. The lowest BCUT2D eigenvalue weighted by Crippen LogP contribution is -2.34. The molecule has 13 heteroatoms. The highest BCUT2D eigenvalue weighted by Gasteiger charge is 2.23. The molecular formula is C37H42N10O3. The fourth-order valence-corrected chi connectivity index (χ4v) is 6.00. The molecule has 0 radical (unpaired) electrons. The number of likely N-dealkylation sites (tertiary alicyclic amines) is 1. The van der Waals surface area contributed by atoms with E-state index in [1.807, 2.05) is 54.4 Å². The molecule has 3 N–H and O–H groups in total. The summed E-state index contributed by atoms with van der Waals surface area (Å²) in [6.45, 7) is 10.9. The Bertz CT molecular complexity index is 1950. The normalized spacial score (nSPS) is 13.7. The van der Waals surface area contributed by atoms with Crippen molar-refractivity contribution in [2.75, 3.05) is 56.4 Å². The van der Waals surface area contributed by atoms with Crippen LogP contribution in [-0.2, 0) is 28.9 Å². The van der Waals surface area contributed by atoms with Gasteiger partial charge in [0.1, 0.15) is 17.6 Å². The highest BCUT2D eigenvalue weighted by molar-refractivity contribution is 5.79. The number of nitrogens with zero attached hydrogens (tertiary/aromatic N) is 7. The van der Waals surface area contributed by atoms with Gasteiger partial charge in [0.15, 0.2) is 5.69 Å². The van der Waals surface area contributed by atoms with Gasteiger partial charge >= 0.3 is 5.97 Å². The van der Waals surface area contributed by atoms with Crippen molar-refractivity contribution in [2.45, 2.75) is 44.7 Å². The minimum absolute atomic E-state index is 0.220. The third kappa shape index (κ3) is 8.83. The summed E-state index contributed by atoms with van der Waals surface area (Å²) in [4.78, 5) is 43.1. The number of carbonyl (C=O) groups is 1. The molecule has 1 atom stereocenters. The zero-order valence-corrected chi connectivity index (χ0v) is 28.6. The number of benzene rings is 3. The van der Waals surface area contributed by atoms with Gasteiger partial charge in [0.05, 0.1) is 31.8 Å². The van der Waals surface area contributed by atoms with Gasteiger partial charge < -0.3 is 30.0 Å². The van der Waals surface area contributed by atoms with E-state index < -0.39 is 12.0 Å². The van der Waals surface area contributed by atoms with Gasteiger partial charge in [-0.2, -0.15) is 15.0 Å². The Hall–Kier alpha value is -5.74. The Labute approximate surface area is 291 Å². The molecule has 3 heterocycles. The van der Waals surface area contributed by atoms with Crippen LogP contribution in [0.3, 0.4) is 0 Å². The second-order valence-corrected chi connectivity index (χ2v) is 12.4. The summed E-state index contributed by atoms with van der Waals surface area (Å²) >= 11 is 0. The molecule has 0 bridgehead atoms. The lowest BCUT2D eigenvalue weighted by atomic mass is 10.1. The Morgan fingerprint density at radius 2 is 1.78 bits per heavy atom. The van der Waals surface area contributed by atoms with Crippen LogP contribution in [0.25, 0.3) is 15.9 Å². The number of H-pyrrole nitrogens is 1. The summed E-state index contributed by atoms with van der Waals surface area (Å²) in [6, 6.07) is 20.4. The van der Waals surface area contributed by atoms with E-state index in [0.717, 1.165) is 53.5 Å². The molecule has 5 aromatic rings. The first-order valence-electron chi connectivity index (χ1n) is 16.8. The summed E-state index contributed by atoms with van der Waals surface area (Å²) in [5.41, 5.74) is 5.22. The second kappa shape index (κ2) is 16.1. The lowest BCUT2D eigenvalue weighted by Gasteiger charge is -2.26. The molecule has 50 heavy (non-hydrogen) atoms. The Kier molecular flexibility index (Phi) is 11.0. The molecule has 13 nitrogen and oxygen atoms in total. The number of carbonyl (C=O) groups excluding carboxylic acids is 1. The van der Waals surface area contributed by atoms with Crippen molar-refractivity contribution in [3.63, 3.8) is 0 Å². The summed E-state index contributed by atoms with van der Waals surface area (Å²) in [7, 11) is 4.90. The fourth-order valence-electron chi connectivity index (χ4n) is 6.00. The molecule has 0 aliphatic carbocycles. The van der Waals surface area contributed by atoms with Gasteiger partial charge in [0, 0.05) is 44.7 Å². The van der Waals surface area contributed by atoms with Crippen LogP contribution in [0.15, 0.2) is 66.7 Å². The van der Waals surface area contributed by atoms with Gasteiger partial charge in [-0.1, -0.05) is 42.8 Å². The number of anilines is 4. The standard InChI is InChI=1S/C37H42N10O3/c1-38-27-13-11-25(12-14-27)22-32(34(48)50-4)42-36-43-35(39-28-10-8-9-26(21-28)24-47-18-6-5-7-19-47)44-37(45-36)46(2)20-17-33-40-30-16-15-29(49-3)23-31(30)41-33/h8-16,21,23,32H,5-7,17-20,22,24H2,2-4H3,(H,40,41)(H2,39,42,43,44,45)/t32-/m0/s1. The Balaban J connectivity index is 1.24. The summed E-state index contributed by atoms with van der Waals surface area (Å²) < 4.78 is 10.5. The van der Waals surface area contributed by atoms with E-state index in [-0.39, 0.29) is 5.95 Å². The molecular weight excluding hydrogens is 632 g/mol. The van der Waals surface area contributed by atoms with Gasteiger partial charge in [-0.25, -0.2) is 14.6 Å². The molecule has 2 aromatic heterocycles. The topological polar surface area (TPSA) is 138 Å². The number of fused-ring (bicyclic) bond motifs is 1. The maximum atomic E-state index is 13.0. The fraction of sp³-hybridized carbons (Fsp3) is 0.351. The summed E-state index contributed by atoms with van der Waals surface area (Å²) in [6.07, 6.45) is 4.68. The van der Waals surface area contributed by atoms with Crippen molar-refractivity contribution >= 4 is 46.2 Å². The van der Waals surface area contributed by atoms with Crippen LogP contribution in [-0.4, -0.2) is 82.7 Å². The van der Waals surface area contributed by atoms with Crippen LogP contribution in [0, 0.1) is 6.57 Å². The minimum atomic E-state index is -0.785. The lowest BCUT2D eigenvalue weighted by molar-refractivity contribution is -0.141. The van der Waals surface area contributed by atoms with Gasteiger partial charge in [-0.05, 0) is 61.3 Å². The SMILES string of the molecule is [C-]#[N+]c1ccc(C[C@H](Nc2nc(Nc3cccc(CN4CCCCC4)c3)nc(N(C)CCc3nc4ccc(OC)cc4[nH]3)n2)C(=O)OC)cc1. The molecule has 1 saturated heterocycles. The molecule has 0 unspecified atom stereocenters. The van der Waals surface area contributed by atoms with Crippen molar-refractivity contribution in [1.29, 1.82) is 0 Å². The predicted octanol–water partition coefficient (Wildman–Crippen LogP) is 5.91. The molecule has 0 amide bonds. The Morgan fingerprint density at radius 3 is 2.54 bits per heavy atom. The quantitative estimate of drug-likeness (QED) is 0.0957. The highest BCUT2D eigenvalue weighted by atomic mass is 16.5. The number of methoxy groups -OCH3 is 2. The van der Waals surface area contributed by atoms with Crippen molar-refractivity contribution in [3.05, 3.63) is 95.1 Å². The van der Waals surface area contributed by atoms with Gasteiger partial charge in [0.25, 0.3) is 0 Å². The van der Waals surface area contributed by atoms with Crippen LogP contribution in [0.5, 0.6) is 5.75 Å². The first-order chi connectivity index (χ1) is 24.4. The zero-order chi connectivity index (χ0) is 34.9. The van der Waals surface area contributed by atoms with E-state index in [1.165, 1.54) is 31.9 Å². The monoisotopic (exact) mass is 674 g/mol. The number of nitrogens with one attached hydrogen (secondary N) is 3. The number of aromatic nitrogens is 5. The molecule has 0 saturated carbocycles. The summed E-state index contributed by atoms with van der Waals surface area (Å²) in [5.74, 6) is 2.09. The number of rotatable bonds is 14. The predicted molar refractivity (Wildman–Crippen MR) is 194 cm³/mol. The van der Waals surface area contributed by atoms with Crippen LogP contribution < -0.4 is 20.3 Å². The number of imidazole rings is 1. The molecule has 0 spiro atoms. The van der Waals surface area contributed by atoms with Gasteiger partial charge in [-0.3, -0.25) is 4.90 Å². The number of hydrogen-bond donors (Lipinski definition) is 3. The maximum absolute atomic E-state index is 13.0. The van der Waals surface area contributed by atoms with E-state index in [1.54, 1.807) is 19.2 Å². The van der Waals surface area contributed by atoms with Gasteiger partial charge in [-0.15, -0.1) is 0 Å². The molecule has 258 valence electrons. The molecule has 1 aliphatic rings. The van der Waals surface area contributed by atoms with Gasteiger partial charge in [0.2, 0.25) is 17.8 Å². The van der Waals surface area contributed by atoms with Crippen molar-refractivity contribution in [3.8, 4) is 5.75 Å². The first kappa shape index (κ1) is 34.1. The molecule has 3 aromatic carbocycles. The molecule has 6 rings (SSSR count). The largest absolute Gasteiger partial charge is 0.497 e. The van der Waals surface area contributed by atoms with E-state index in [9.17, 15) is 4.79 Å². The summed E-state index contributed by atoms with van der Waals surface area (Å²) in [5, 5.41) is 6.57. The van der Waals surface area contributed by atoms with Crippen molar-refractivity contribution in [1.82, 2.24) is 29.8 Å².